The van der Waals surface area contributed by atoms with Crippen LogP contribution in [0.5, 0.6) is 0 Å². The second kappa shape index (κ2) is 25.5. The van der Waals surface area contributed by atoms with Gasteiger partial charge >= 0.3 is 19.5 Å². The second-order valence-electron chi connectivity index (χ2n) is 7.76. The van der Waals surface area contributed by atoms with E-state index in [0.29, 0.717) is 0 Å². The number of unbranched alkanes of at least 4 members (excludes halogenated alkanes) is 10. The van der Waals surface area contributed by atoms with Crippen molar-refractivity contribution in [2.75, 3.05) is 0 Å². The molecule has 6 nitrogen and oxygen atoms in total. The molecule has 0 heterocycles. The molecule has 2 N–H and O–H groups in total. The normalized spacial score (nSPS) is 12.3. The molecule has 0 rings (SSSR count). The summed E-state index contributed by atoms with van der Waals surface area (Å²) in [4.78, 5) is 20.1. The van der Waals surface area contributed by atoms with E-state index in [1.165, 1.54) is 0 Å². The molecule has 0 radical (unpaired) electrons. The Morgan fingerprint density at radius 2 is 0.828 bits per heavy atom. The van der Waals surface area contributed by atoms with Crippen LogP contribution in [0.3, 0.4) is 0 Å². The van der Waals surface area contributed by atoms with Gasteiger partial charge in [0.05, 0.1) is 12.2 Å². The number of aliphatic carboxylic acids is 2. The summed E-state index contributed by atoms with van der Waals surface area (Å²) in [7, 11) is 0. The minimum absolute atomic E-state index is 0. The molecular formula is C22H42O6Zn. The van der Waals surface area contributed by atoms with Gasteiger partial charge in [-0.05, 0) is 52.4 Å². The van der Waals surface area contributed by atoms with Gasteiger partial charge in [0.1, 0.15) is 0 Å². The molecule has 0 amide bonds. The smallest absolute Gasteiger partial charge is 0.550 e. The Balaban J connectivity index is -0.000000451. The van der Waals surface area contributed by atoms with E-state index in [1.54, 1.807) is 13.8 Å². The van der Waals surface area contributed by atoms with Crippen molar-refractivity contribution < 1.29 is 49.5 Å². The zero-order valence-electron chi connectivity index (χ0n) is 18.7. The van der Waals surface area contributed by atoms with E-state index in [-0.39, 0.29) is 44.5 Å². The van der Waals surface area contributed by atoms with E-state index in [0.717, 1.165) is 89.9 Å². The van der Waals surface area contributed by atoms with Gasteiger partial charge in [-0.1, -0.05) is 64.2 Å². The molecule has 7 heteroatoms. The minimum Gasteiger partial charge on any atom is -0.550 e. The van der Waals surface area contributed by atoms with Crippen molar-refractivity contribution in [2.45, 2.75) is 129 Å². The third kappa shape index (κ3) is 38.7. The second-order valence-corrected chi connectivity index (χ2v) is 7.76. The zero-order chi connectivity index (χ0) is 21.6. The molecule has 0 fully saturated rings. The summed E-state index contributed by atoms with van der Waals surface area (Å²) in [6.07, 6.45) is 14.0. The van der Waals surface area contributed by atoms with Crippen LogP contribution in [0.1, 0.15) is 117 Å². The number of carboxylic acid groups (broad SMARTS) is 2. The molecule has 0 aliphatic heterocycles. The van der Waals surface area contributed by atoms with Crippen LogP contribution in [0.25, 0.3) is 0 Å². The number of rotatable bonds is 18. The summed E-state index contributed by atoms with van der Waals surface area (Å²) < 4.78 is 0. The summed E-state index contributed by atoms with van der Waals surface area (Å²) in [5.41, 5.74) is 0. The van der Waals surface area contributed by atoms with E-state index in [4.69, 9.17) is 10.2 Å². The molecule has 0 spiro atoms. The van der Waals surface area contributed by atoms with Crippen molar-refractivity contribution in [3.8, 4) is 0 Å². The first kappa shape index (κ1) is 33.1. The maximum atomic E-state index is 10.1. The summed E-state index contributed by atoms with van der Waals surface area (Å²) in [5, 5.41) is 38.1. The molecule has 168 valence electrons. The van der Waals surface area contributed by atoms with Gasteiger partial charge < -0.3 is 30.0 Å². The summed E-state index contributed by atoms with van der Waals surface area (Å²) in [6.45, 7) is 3.61. The van der Waals surface area contributed by atoms with Crippen LogP contribution in [-0.4, -0.2) is 34.4 Å². The Kier molecular flexibility index (Phi) is 29.2. The topological polar surface area (TPSA) is 121 Å². The van der Waals surface area contributed by atoms with Crippen molar-refractivity contribution in [2.24, 2.45) is 0 Å². The first-order chi connectivity index (χ1) is 13.3. The van der Waals surface area contributed by atoms with Crippen LogP contribution in [0.4, 0.5) is 0 Å². The standard InChI is InChI=1S/2C11H22O3.Zn/c2*1-10(12)8-6-4-2-3-5-7-9-11(13)14;/h2*10,12H,2-9H2,1H3,(H,13,14);/q;;+2/p-2. The van der Waals surface area contributed by atoms with Crippen molar-refractivity contribution in [1.29, 1.82) is 0 Å². The first-order valence-electron chi connectivity index (χ1n) is 11.0. The summed E-state index contributed by atoms with van der Waals surface area (Å²) in [5.74, 6) is -1.89. The molecule has 0 aromatic heterocycles. The van der Waals surface area contributed by atoms with E-state index in [9.17, 15) is 19.8 Å². The number of carboxylic acids is 2. The predicted octanol–water partition coefficient (Wildman–Crippen LogP) is 2.47. The van der Waals surface area contributed by atoms with Gasteiger partial charge in [0.25, 0.3) is 0 Å². The van der Waals surface area contributed by atoms with Gasteiger partial charge in [-0.3, -0.25) is 0 Å². The van der Waals surface area contributed by atoms with Crippen LogP contribution in [0.2, 0.25) is 0 Å². The number of aliphatic hydroxyl groups excluding tert-OH is 2. The molecule has 0 aliphatic carbocycles. The van der Waals surface area contributed by atoms with E-state index >= 15 is 0 Å². The fraction of sp³-hybridized carbons (Fsp3) is 0.909. The maximum absolute atomic E-state index is 10.1. The molecule has 2 unspecified atom stereocenters. The van der Waals surface area contributed by atoms with Crippen LogP contribution in [0, 0.1) is 0 Å². The Hall–Kier alpha value is -0.517. The Morgan fingerprint density at radius 3 is 1.07 bits per heavy atom. The molecule has 0 aromatic rings. The van der Waals surface area contributed by atoms with Gasteiger partial charge in [-0.25, -0.2) is 0 Å². The SMILES string of the molecule is CC(O)CCCCCCCCC(=O)[O-].CC(O)CCCCCCCCC(=O)[O-].[Zn+2]. The summed E-state index contributed by atoms with van der Waals surface area (Å²) in [6, 6.07) is 0. The van der Waals surface area contributed by atoms with Crippen LogP contribution in [-0.2, 0) is 29.1 Å². The van der Waals surface area contributed by atoms with E-state index in [1.807, 2.05) is 0 Å². The van der Waals surface area contributed by atoms with Gasteiger partial charge in [-0.15, -0.1) is 0 Å². The summed E-state index contributed by atoms with van der Waals surface area (Å²) >= 11 is 0. The molecule has 2 atom stereocenters. The zero-order valence-corrected chi connectivity index (χ0v) is 21.7. The Morgan fingerprint density at radius 1 is 0.586 bits per heavy atom. The van der Waals surface area contributed by atoms with E-state index in [2.05, 4.69) is 0 Å². The monoisotopic (exact) mass is 466 g/mol. The van der Waals surface area contributed by atoms with Crippen molar-refractivity contribution in [1.82, 2.24) is 0 Å². The Bertz CT molecular complexity index is 327. The van der Waals surface area contributed by atoms with Crippen LogP contribution in [0.15, 0.2) is 0 Å². The van der Waals surface area contributed by atoms with Crippen LogP contribution >= 0.6 is 0 Å². The number of hydrogen-bond donors (Lipinski definition) is 2. The Labute approximate surface area is 190 Å². The average Bonchev–Trinajstić information content (AvgIpc) is 2.59. The van der Waals surface area contributed by atoms with E-state index < -0.39 is 11.9 Å². The van der Waals surface area contributed by atoms with Crippen LogP contribution < -0.4 is 10.2 Å². The third-order valence-corrected chi connectivity index (χ3v) is 4.51. The van der Waals surface area contributed by atoms with Gasteiger partial charge in [0.2, 0.25) is 0 Å². The minimum atomic E-state index is -0.945. The molecule has 0 bridgehead atoms. The molecule has 0 aromatic carbocycles. The number of carbonyl (C=O) groups is 2. The van der Waals surface area contributed by atoms with Gasteiger partial charge in [0, 0.05) is 11.9 Å². The van der Waals surface area contributed by atoms with Gasteiger partial charge in [-0.2, -0.15) is 0 Å². The van der Waals surface area contributed by atoms with Crippen molar-refractivity contribution in [3.05, 3.63) is 0 Å². The molecule has 0 aliphatic rings. The number of aliphatic hydroxyl groups is 2. The van der Waals surface area contributed by atoms with Gasteiger partial charge in [0.15, 0.2) is 0 Å². The quantitative estimate of drug-likeness (QED) is 0.236. The third-order valence-electron chi connectivity index (χ3n) is 4.51. The fourth-order valence-corrected chi connectivity index (χ4v) is 2.83. The fourth-order valence-electron chi connectivity index (χ4n) is 2.83. The molecular weight excluding hydrogens is 426 g/mol. The largest absolute Gasteiger partial charge is 2.00 e. The number of hydrogen-bond acceptors (Lipinski definition) is 6. The molecule has 0 saturated carbocycles. The predicted molar refractivity (Wildman–Crippen MR) is 107 cm³/mol. The first-order valence-corrected chi connectivity index (χ1v) is 11.0. The molecule has 0 saturated heterocycles. The maximum Gasteiger partial charge on any atom is 2.00 e. The molecule has 29 heavy (non-hydrogen) atoms. The number of carbonyl (C=O) groups excluding carboxylic acids is 2. The average molecular weight is 468 g/mol. The van der Waals surface area contributed by atoms with Crippen molar-refractivity contribution >= 4 is 11.9 Å². The van der Waals surface area contributed by atoms with Crippen molar-refractivity contribution in [3.63, 3.8) is 0 Å².